The van der Waals surface area contributed by atoms with Crippen LogP contribution >= 0.6 is 11.6 Å². The molecule has 1 aromatic carbocycles. The summed E-state index contributed by atoms with van der Waals surface area (Å²) in [5.74, 6) is -0.290. The zero-order chi connectivity index (χ0) is 15.7. The van der Waals surface area contributed by atoms with E-state index in [2.05, 4.69) is 33.0 Å². The summed E-state index contributed by atoms with van der Waals surface area (Å²) in [7, 11) is 0. The van der Waals surface area contributed by atoms with Gasteiger partial charge in [0.2, 0.25) is 0 Å². The Bertz CT molecular complexity index is 500. The van der Waals surface area contributed by atoms with Gasteiger partial charge in [-0.25, -0.2) is 4.39 Å². The minimum absolute atomic E-state index is 0.00868. The molecule has 21 heavy (non-hydrogen) atoms. The summed E-state index contributed by atoms with van der Waals surface area (Å²) >= 11 is 6.21. The Morgan fingerprint density at radius 2 is 2.14 bits per heavy atom. The molecule has 0 saturated carbocycles. The second-order valence-electron chi connectivity index (χ2n) is 7.14. The molecule has 4 heteroatoms. The quantitative estimate of drug-likeness (QED) is 0.899. The maximum absolute atomic E-state index is 13.2. The molecule has 1 aromatic rings. The molecule has 1 aliphatic heterocycles. The Hall–Kier alpha value is -0.640. The largest absolute Gasteiger partial charge is 0.378 e. The van der Waals surface area contributed by atoms with Crippen molar-refractivity contribution in [2.75, 3.05) is 13.2 Å². The van der Waals surface area contributed by atoms with Crippen LogP contribution in [0.25, 0.3) is 0 Å². The van der Waals surface area contributed by atoms with Crippen molar-refractivity contribution in [3.63, 3.8) is 0 Å². The molecule has 0 amide bonds. The molecule has 2 unspecified atom stereocenters. The zero-order valence-corrected chi connectivity index (χ0v) is 14.1. The number of nitrogens with one attached hydrogen (secondary N) is 1. The van der Waals surface area contributed by atoms with E-state index < -0.39 is 0 Å². The smallest absolute Gasteiger partial charge is 0.124 e. The lowest BCUT2D eigenvalue weighted by Crippen LogP contribution is -2.47. The van der Waals surface area contributed by atoms with Crippen LogP contribution in [0, 0.1) is 11.2 Å². The van der Waals surface area contributed by atoms with E-state index in [1.54, 1.807) is 6.07 Å². The van der Waals surface area contributed by atoms with E-state index in [1.807, 2.05) is 0 Å². The van der Waals surface area contributed by atoms with Gasteiger partial charge in [-0.3, -0.25) is 0 Å². The van der Waals surface area contributed by atoms with Crippen LogP contribution in [0.5, 0.6) is 0 Å². The highest BCUT2D eigenvalue weighted by molar-refractivity contribution is 6.31. The highest BCUT2D eigenvalue weighted by atomic mass is 35.5. The average Bonchev–Trinajstić information content (AvgIpc) is 2.72. The van der Waals surface area contributed by atoms with Crippen LogP contribution in [-0.4, -0.2) is 24.8 Å². The maximum Gasteiger partial charge on any atom is 0.124 e. The Labute approximate surface area is 132 Å². The fraction of sp³-hybridized carbons (Fsp3) is 0.647. The molecule has 1 N–H and O–H groups in total. The lowest BCUT2D eigenvalue weighted by Gasteiger charge is -2.36. The zero-order valence-electron chi connectivity index (χ0n) is 13.3. The van der Waals surface area contributed by atoms with E-state index >= 15 is 0 Å². The summed E-state index contributed by atoms with van der Waals surface area (Å²) in [5, 5.41) is 4.09. The molecule has 0 aliphatic carbocycles. The molecular weight excluding hydrogens is 289 g/mol. The fourth-order valence-electron chi connectivity index (χ4n) is 2.83. The maximum atomic E-state index is 13.2. The molecule has 0 bridgehead atoms. The molecule has 0 spiro atoms. The average molecular weight is 314 g/mol. The van der Waals surface area contributed by atoms with Crippen LogP contribution in [-0.2, 0) is 11.2 Å². The summed E-state index contributed by atoms with van der Waals surface area (Å²) < 4.78 is 19.0. The van der Waals surface area contributed by atoms with Crippen molar-refractivity contribution >= 4 is 11.6 Å². The van der Waals surface area contributed by atoms with Gasteiger partial charge in [0.05, 0.1) is 6.10 Å². The van der Waals surface area contributed by atoms with E-state index in [4.69, 9.17) is 16.3 Å². The van der Waals surface area contributed by atoms with E-state index in [1.165, 1.54) is 12.1 Å². The van der Waals surface area contributed by atoms with E-state index in [9.17, 15) is 4.39 Å². The van der Waals surface area contributed by atoms with Gasteiger partial charge in [-0.15, -0.1) is 0 Å². The Kier molecular flexibility index (Phi) is 4.96. The minimum atomic E-state index is -0.290. The first kappa shape index (κ1) is 16.7. The Morgan fingerprint density at radius 3 is 2.67 bits per heavy atom. The van der Waals surface area contributed by atoms with Gasteiger partial charge in [-0.05, 0) is 58.2 Å². The molecule has 1 heterocycles. The van der Waals surface area contributed by atoms with E-state index in [0.29, 0.717) is 5.02 Å². The topological polar surface area (TPSA) is 21.3 Å². The van der Waals surface area contributed by atoms with Crippen molar-refractivity contribution in [3.05, 3.63) is 34.6 Å². The van der Waals surface area contributed by atoms with Gasteiger partial charge in [0, 0.05) is 29.1 Å². The first-order valence-electron chi connectivity index (χ1n) is 7.52. The van der Waals surface area contributed by atoms with Gasteiger partial charge in [-0.2, -0.15) is 0 Å². The highest BCUT2D eigenvalue weighted by Gasteiger charge is 2.42. The molecule has 1 fully saturated rings. The Balaban J connectivity index is 2.20. The summed E-state index contributed by atoms with van der Waals surface area (Å²) in [6.45, 7) is 10.2. The third kappa shape index (κ3) is 4.18. The van der Waals surface area contributed by atoms with Gasteiger partial charge in [-0.1, -0.05) is 17.7 Å². The van der Waals surface area contributed by atoms with Crippen LogP contribution in [0.15, 0.2) is 18.2 Å². The summed E-state index contributed by atoms with van der Waals surface area (Å²) in [4.78, 5) is 0. The molecule has 118 valence electrons. The van der Waals surface area contributed by atoms with Crippen molar-refractivity contribution in [2.45, 2.75) is 52.2 Å². The third-order valence-electron chi connectivity index (χ3n) is 4.36. The lowest BCUT2D eigenvalue weighted by molar-refractivity contribution is 0.0598. The molecule has 0 radical (unpaired) electrons. The van der Waals surface area contributed by atoms with Crippen molar-refractivity contribution < 1.29 is 9.13 Å². The van der Waals surface area contributed by atoms with Crippen LogP contribution in [0.4, 0.5) is 4.39 Å². The second-order valence-corrected chi connectivity index (χ2v) is 7.55. The predicted molar refractivity (Wildman–Crippen MR) is 85.3 cm³/mol. The van der Waals surface area contributed by atoms with Gasteiger partial charge in [0.15, 0.2) is 0 Å². The molecular formula is C17H25ClFNO. The number of benzene rings is 1. The van der Waals surface area contributed by atoms with Gasteiger partial charge in [0.1, 0.15) is 5.82 Å². The van der Waals surface area contributed by atoms with Crippen molar-refractivity contribution in [3.8, 4) is 0 Å². The number of ether oxygens (including phenoxy) is 1. The first-order valence-corrected chi connectivity index (χ1v) is 7.90. The molecule has 1 saturated heterocycles. The summed E-state index contributed by atoms with van der Waals surface area (Å²) in [5.41, 5.74) is 1.06. The highest BCUT2D eigenvalue weighted by Crippen LogP contribution is 2.39. The van der Waals surface area contributed by atoms with Crippen molar-refractivity contribution in [1.82, 2.24) is 5.32 Å². The van der Waals surface area contributed by atoms with Gasteiger partial charge in [0.25, 0.3) is 0 Å². The molecule has 1 aliphatic rings. The second kappa shape index (κ2) is 6.23. The number of rotatable bonds is 4. The minimum Gasteiger partial charge on any atom is -0.378 e. The number of halogens is 2. The molecule has 2 atom stereocenters. The van der Waals surface area contributed by atoms with Gasteiger partial charge >= 0.3 is 0 Å². The van der Waals surface area contributed by atoms with Crippen LogP contribution < -0.4 is 5.32 Å². The monoisotopic (exact) mass is 313 g/mol. The van der Waals surface area contributed by atoms with E-state index in [-0.39, 0.29) is 22.9 Å². The van der Waals surface area contributed by atoms with E-state index in [0.717, 1.165) is 31.6 Å². The summed E-state index contributed by atoms with van der Waals surface area (Å²) in [6, 6.07) is 4.66. The van der Waals surface area contributed by atoms with Gasteiger partial charge < -0.3 is 10.1 Å². The van der Waals surface area contributed by atoms with Crippen molar-refractivity contribution in [1.29, 1.82) is 0 Å². The van der Waals surface area contributed by atoms with Crippen LogP contribution in [0.1, 0.15) is 39.7 Å². The summed E-state index contributed by atoms with van der Waals surface area (Å²) in [6.07, 6.45) is 1.95. The Morgan fingerprint density at radius 1 is 1.43 bits per heavy atom. The number of hydrogen-bond acceptors (Lipinski definition) is 2. The normalized spacial score (nSPS) is 26.3. The third-order valence-corrected chi connectivity index (χ3v) is 4.71. The molecule has 2 nitrogen and oxygen atoms in total. The van der Waals surface area contributed by atoms with Crippen LogP contribution in [0.2, 0.25) is 5.02 Å². The lowest BCUT2D eigenvalue weighted by atomic mass is 9.75. The van der Waals surface area contributed by atoms with Crippen molar-refractivity contribution in [2.24, 2.45) is 5.41 Å². The van der Waals surface area contributed by atoms with Crippen LogP contribution in [0.3, 0.4) is 0 Å². The fourth-order valence-corrected chi connectivity index (χ4v) is 3.07. The molecule has 0 aromatic heterocycles. The number of hydrogen-bond donors (Lipinski definition) is 1. The molecule has 2 rings (SSSR count). The predicted octanol–water partition coefficient (Wildman–Crippen LogP) is 4.20. The standard InChI is InChI=1S/C17H25ClFNO/c1-12-17(7-8-21-12,11-20-16(2,3)4)10-13-5-6-14(19)9-15(13)18/h5-6,9,12,20H,7-8,10-11H2,1-4H3. The first-order chi connectivity index (χ1) is 9.72. The SMILES string of the molecule is CC1OCCC1(CNC(C)(C)C)Cc1ccc(F)cc1Cl.